The molecule has 0 aromatic rings. The molecule has 0 aliphatic carbocycles. The number of aliphatic hydroxyl groups is 11. The summed E-state index contributed by atoms with van der Waals surface area (Å²) in [6.07, 6.45) is 51.9. The highest BCUT2D eigenvalue weighted by Crippen LogP contribution is 2.33. The molecule has 3 aliphatic rings. The Morgan fingerprint density at radius 1 is 0.343 bits per heavy atom. The largest absolute Gasteiger partial charge is 0.394 e. The van der Waals surface area contributed by atoms with E-state index in [1.807, 2.05) is 6.08 Å². The Kier molecular flexibility index (Phi) is 59.4. The Labute approximate surface area is 619 Å². The molecule has 0 aromatic heterocycles. The highest BCUT2D eigenvalue weighted by molar-refractivity contribution is 5.76. The van der Waals surface area contributed by atoms with Gasteiger partial charge in [-0.1, -0.05) is 353 Å². The number of hydrogen-bond acceptors (Lipinski definition) is 18. The monoisotopic (exact) mass is 1460 g/mol. The van der Waals surface area contributed by atoms with Crippen molar-refractivity contribution in [2.24, 2.45) is 0 Å². The first-order valence-corrected chi connectivity index (χ1v) is 42.6. The summed E-state index contributed by atoms with van der Waals surface area (Å²) in [4.78, 5) is 13.5. The average Bonchev–Trinajstić information content (AvgIpc) is 0.781. The number of allylic oxidation sites excluding steroid dienone is 3. The van der Waals surface area contributed by atoms with Gasteiger partial charge >= 0.3 is 0 Å². The second-order valence-electron chi connectivity index (χ2n) is 30.6. The van der Waals surface area contributed by atoms with Crippen molar-refractivity contribution in [3.8, 4) is 0 Å². The van der Waals surface area contributed by atoms with Crippen molar-refractivity contribution in [1.29, 1.82) is 0 Å². The molecule has 0 saturated carbocycles. The van der Waals surface area contributed by atoms with Gasteiger partial charge in [-0.25, -0.2) is 0 Å². The van der Waals surface area contributed by atoms with E-state index in [0.717, 1.165) is 38.5 Å². The molecule has 3 rings (SSSR count). The molecular formula is C83H157NO18. The minimum atomic E-state index is -1.98. The first kappa shape index (κ1) is 94.5. The van der Waals surface area contributed by atoms with Crippen molar-refractivity contribution in [3.63, 3.8) is 0 Å². The number of ether oxygens (including phenoxy) is 6. The molecular weight excluding hydrogens is 1300 g/mol. The number of hydrogen-bond donors (Lipinski definition) is 12. The van der Waals surface area contributed by atoms with Gasteiger partial charge in [0, 0.05) is 6.42 Å². The number of unbranched alkanes of at least 4 members (excludes halogenated alkanes) is 51. The fourth-order valence-corrected chi connectivity index (χ4v) is 14.7. The molecule has 0 bridgehead atoms. The fraction of sp³-hybridized carbons (Fsp3) is 0.940. The summed E-state index contributed by atoms with van der Waals surface area (Å²) in [5.74, 6) is -0.276. The van der Waals surface area contributed by atoms with Crippen LogP contribution < -0.4 is 5.32 Å². The van der Waals surface area contributed by atoms with Crippen molar-refractivity contribution >= 4 is 5.91 Å². The molecule has 0 spiro atoms. The van der Waals surface area contributed by atoms with Gasteiger partial charge in [-0.15, -0.1) is 0 Å². The van der Waals surface area contributed by atoms with E-state index < -0.39 is 124 Å². The maximum absolute atomic E-state index is 13.5. The quantitative estimate of drug-likeness (QED) is 0.0199. The summed E-state index contributed by atoms with van der Waals surface area (Å²) in [6, 6.07) is -0.989. The van der Waals surface area contributed by atoms with Gasteiger partial charge in [0.1, 0.15) is 73.2 Å². The van der Waals surface area contributed by atoms with Gasteiger partial charge in [-0.3, -0.25) is 4.79 Å². The van der Waals surface area contributed by atoms with E-state index in [-0.39, 0.29) is 18.9 Å². The van der Waals surface area contributed by atoms with Gasteiger partial charge in [0.2, 0.25) is 5.91 Å². The minimum Gasteiger partial charge on any atom is -0.394 e. The molecule has 12 N–H and O–H groups in total. The van der Waals surface area contributed by atoms with Gasteiger partial charge in [-0.2, -0.15) is 0 Å². The normalized spacial score (nSPS) is 26.2. The molecule has 17 atom stereocenters. The Morgan fingerprint density at radius 3 is 0.980 bits per heavy atom. The van der Waals surface area contributed by atoms with Gasteiger partial charge in [0.25, 0.3) is 0 Å². The Balaban J connectivity index is 1.35. The predicted molar refractivity (Wildman–Crippen MR) is 406 cm³/mol. The third-order valence-corrected chi connectivity index (χ3v) is 21.5. The topological polar surface area (TPSA) is 307 Å². The Morgan fingerprint density at radius 2 is 0.627 bits per heavy atom. The van der Waals surface area contributed by atoms with E-state index in [9.17, 15) is 61.0 Å². The number of aliphatic hydroxyl groups excluding tert-OH is 11. The minimum absolute atomic E-state index is 0.241. The highest BCUT2D eigenvalue weighted by atomic mass is 16.8. The second kappa shape index (κ2) is 64.1. The lowest BCUT2D eigenvalue weighted by atomic mass is 9.96. The third kappa shape index (κ3) is 43.5. The third-order valence-electron chi connectivity index (χ3n) is 21.5. The van der Waals surface area contributed by atoms with Crippen molar-refractivity contribution in [2.75, 3.05) is 26.4 Å². The molecule has 3 heterocycles. The number of amides is 1. The van der Waals surface area contributed by atoms with E-state index >= 15 is 0 Å². The van der Waals surface area contributed by atoms with Crippen LogP contribution in [-0.2, 0) is 33.2 Å². The maximum Gasteiger partial charge on any atom is 0.220 e. The standard InChI is InChI=1S/C83H157NO18/c1-3-5-7-9-11-13-15-17-19-21-23-25-27-29-30-31-32-33-34-35-37-39-41-43-45-47-49-51-53-55-57-59-61-71(89)84-66(67(88)60-58-56-54-52-50-48-46-44-42-40-38-36-28-26-24-22-20-18-16-14-12-10-8-6-4-2)65-97-81-77(95)74(92)79(69(63-86)99-81)102-83-78(96)75(93)80(70(64-87)100-83)101-82-76(94)73(91)72(90)68(62-85)98-82/h50,52,58,60,66-70,72-83,85-88,90-96H,3-49,51,53-57,59,61-65H2,1-2H3,(H,84,89)/b52-50+,60-58+. The van der Waals surface area contributed by atoms with E-state index in [1.165, 1.54) is 295 Å². The first-order chi connectivity index (χ1) is 49.8. The SMILES string of the molecule is CCCCCCCCCCCCCCCCCCCCC/C=C/CC/C=C/C(O)C(COC1OC(CO)C(OC2OC(CO)C(OC3OC(CO)C(O)C(O)C3O)C(O)C2O)C(O)C1O)NC(=O)CCCCCCCCCCCCCCCCCCCCCCCCCCCCCCCCCC. The van der Waals surface area contributed by atoms with Crippen LogP contribution in [0, 0.1) is 0 Å². The molecule has 3 saturated heterocycles. The summed E-state index contributed by atoms with van der Waals surface area (Å²) >= 11 is 0. The van der Waals surface area contributed by atoms with Gasteiger partial charge in [0.15, 0.2) is 18.9 Å². The lowest BCUT2D eigenvalue weighted by Crippen LogP contribution is -2.66. The first-order valence-electron chi connectivity index (χ1n) is 42.6. The predicted octanol–water partition coefficient (Wildman–Crippen LogP) is 14.9. The highest BCUT2D eigenvalue weighted by Gasteiger charge is 2.54. The number of carbonyl (C=O) groups excluding carboxylic acids is 1. The summed E-state index contributed by atoms with van der Waals surface area (Å²) in [6.45, 7) is 1.79. The molecule has 0 aromatic carbocycles. The molecule has 102 heavy (non-hydrogen) atoms. The van der Waals surface area contributed by atoms with Gasteiger partial charge in [0.05, 0.1) is 38.6 Å². The van der Waals surface area contributed by atoms with Crippen LogP contribution in [0.15, 0.2) is 24.3 Å². The van der Waals surface area contributed by atoms with Crippen LogP contribution >= 0.6 is 0 Å². The Bertz CT molecular complexity index is 1940. The molecule has 1 amide bonds. The van der Waals surface area contributed by atoms with Crippen LogP contribution in [0.1, 0.15) is 367 Å². The number of rotatable bonds is 69. The van der Waals surface area contributed by atoms with Crippen molar-refractivity contribution in [1.82, 2.24) is 5.32 Å². The molecule has 19 nitrogen and oxygen atoms in total. The second-order valence-corrected chi connectivity index (χ2v) is 30.6. The van der Waals surface area contributed by atoms with Crippen molar-refractivity contribution < 1.29 is 89.4 Å². The number of carbonyl (C=O) groups is 1. The van der Waals surface area contributed by atoms with Gasteiger partial charge in [-0.05, 0) is 32.1 Å². The van der Waals surface area contributed by atoms with E-state index in [1.54, 1.807) is 6.08 Å². The van der Waals surface area contributed by atoms with Crippen LogP contribution in [0.5, 0.6) is 0 Å². The molecule has 17 unspecified atom stereocenters. The molecule has 19 heteroatoms. The lowest BCUT2D eigenvalue weighted by Gasteiger charge is -2.48. The molecule has 602 valence electrons. The zero-order valence-corrected chi connectivity index (χ0v) is 64.6. The van der Waals surface area contributed by atoms with Crippen LogP contribution in [0.4, 0.5) is 0 Å². The summed E-state index contributed by atoms with van der Waals surface area (Å²) < 4.78 is 34.5. The fourth-order valence-electron chi connectivity index (χ4n) is 14.7. The van der Waals surface area contributed by atoms with Gasteiger partial charge < -0.3 is 89.9 Å². The molecule has 0 radical (unpaired) electrons. The van der Waals surface area contributed by atoms with Crippen LogP contribution in [0.25, 0.3) is 0 Å². The van der Waals surface area contributed by atoms with Crippen molar-refractivity contribution in [3.05, 3.63) is 24.3 Å². The molecule has 3 fully saturated rings. The van der Waals surface area contributed by atoms with Crippen LogP contribution in [0.3, 0.4) is 0 Å². The van der Waals surface area contributed by atoms with Crippen molar-refractivity contribution in [2.45, 2.75) is 471 Å². The zero-order valence-electron chi connectivity index (χ0n) is 64.6. The zero-order chi connectivity index (χ0) is 73.9. The summed E-state index contributed by atoms with van der Waals surface area (Å²) in [5.41, 5.74) is 0. The van der Waals surface area contributed by atoms with E-state index in [2.05, 4.69) is 31.3 Å². The van der Waals surface area contributed by atoms with Crippen LogP contribution in [-0.4, -0.2) is 193 Å². The van der Waals surface area contributed by atoms with Crippen LogP contribution in [0.2, 0.25) is 0 Å². The van der Waals surface area contributed by atoms with E-state index in [0.29, 0.717) is 12.8 Å². The Hall–Kier alpha value is -1.73. The molecule has 3 aliphatic heterocycles. The average molecular weight is 1460 g/mol. The maximum atomic E-state index is 13.5. The number of nitrogens with one attached hydrogen (secondary N) is 1. The summed E-state index contributed by atoms with van der Waals surface area (Å²) in [5, 5.41) is 121. The van der Waals surface area contributed by atoms with E-state index in [4.69, 9.17) is 28.4 Å². The lowest BCUT2D eigenvalue weighted by molar-refractivity contribution is -0.379. The summed E-state index contributed by atoms with van der Waals surface area (Å²) in [7, 11) is 0. The smallest absolute Gasteiger partial charge is 0.220 e.